The Hall–Kier alpha value is -2.25. The van der Waals surface area contributed by atoms with Crippen molar-refractivity contribution in [2.24, 2.45) is 5.92 Å². The van der Waals surface area contributed by atoms with Gasteiger partial charge in [0.25, 0.3) is 0 Å². The molecule has 2 aliphatic rings. The summed E-state index contributed by atoms with van der Waals surface area (Å²) in [4.78, 5) is 26.3. The van der Waals surface area contributed by atoms with Crippen molar-refractivity contribution in [3.8, 4) is 0 Å². The van der Waals surface area contributed by atoms with E-state index in [4.69, 9.17) is 4.74 Å². The highest BCUT2D eigenvalue weighted by Crippen LogP contribution is 2.25. The van der Waals surface area contributed by atoms with Crippen molar-refractivity contribution < 1.29 is 9.53 Å². The molecule has 0 saturated carbocycles. The van der Waals surface area contributed by atoms with E-state index in [-0.39, 0.29) is 17.9 Å². The van der Waals surface area contributed by atoms with Crippen LogP contribution in [0.5, 0.6) is 0 Å². The third-order valence-electron chi connectivity index (χ3n) is 4.61. The van der Waals surface area contributed by atoms with Crippen LogP contribution in [0.25, 0.3) is 6.08 Å². The number of thiophene rings is 1. The maximum Gasteiger partial charge on any atom is 0.246 e. The van der Waals surface area contributed by atoms with Gasteiger partial charge in [0.1, 0.15) is 0 Å². The molecule has 0 radical (unpaired) electrons. The predicted octanol–water partition coefficient (Wildman–Crippen LogP) is 1.92. The first kappa shape index (κ1) is 16.2. The van der Waals surface area contributed by atoms with E-state index < -0.39 is 0 Å². The van der Waals surface area contributed by atoms with Gasteiger partial charge in [-0.2, -0.15) is 0 Å². The molecule has 0 unspecified atom stereocenters. The number of hydrogen-bond donors (Lipinski definition) is 0. The van der Waals surface area contributed by atoms with E-state index in [2.05, 4.69) is 14.9 Å². The molecule has 6 nitrogen and oxygen atoms in total. The smallest absolute Gasteiger partial charge is 0.246 e. The number of anilines is 1. The summed E-state index contributed by atoms with van der Waals surface area (Å²) in [6.45, 7) is 3.59. The Morgan fingerprint density at radius 2 is 2.12 bits per heavy atom. The van der Waals surface area contributed by atoms with E-state index in [0.717, 1.165) is 23.9 Å². The molecular formula is C18H20N4O2S. The largest absolute Gasteiger partial charge is 0.374 e. The van der Waals surface area contributed by atoms with Gasteiger partial charge in [0, 0.05) is 55.4 Å². The first-order valence-electron chi connectivity index (χ1n) is 8.43. The summed E-state index contributed by atoms with van der Waals surface area (Å²) in [5.74, 6) is 1.06. The Kier molecular flexibility index (Phi) is 4.76. The van der Waals surface area contributed by atoms with Crippen LogP contribution >= 0.6 is 11.3 Å². The van der Waals surface area contributed by atoms with Crippen LogP contribution in [0.1, 0.15) is 4.88 Å². The Balaban J connectivity index is 1.41. The van der Waals surface area contributed by atoms with Crippen molar-refractivity contribution in [2.45, 2.75) is 6.10 Å². The average Bonchev–Trinajstić information content (AvgIpc) is 3.26. The van der Waals surface area contributed by atoms with Crippen molar-refractivity contribution in [2.75, 3.05) is 37.7 Å². The van der Waals surface area contributed by atoms with Crippen LogP contribution in [0.3, 0.4) is 0 Å². The fourth-order valence-corrected chi connectivity index (χ4v) is 3.97. The standard InChI is InChI=1S/C18H20N4O2S/c23-17(5-4-15-3-1-10-25-15)22-12-14-11-21(8-9-24-16(14)13-22)18-19-6-2-7-20-18/h1-7,10,14,16H,8-9,11-13H2/b5-4+/t14-,16+/m0/s1. The molecule has 2 aliphatic heterocycles. The highest BCUT2D eigenvalue weighted by molar-refractivity contribution is 7.10. The molecule has 2 saturated heterocycles. The Morgan fingerprint density at radius 1 is 1.24 bits per heavy atom. The van der Waals surface area contributed by atoms with Crippen molar-refractivity contribution in [3.63, 3.8) is 0 Å². The number of likely N-dealkylation sites (tertiary alicyclic amines) is 1. The van der Waals surface area contributed by atoms with Crippen LogP contribution in [0.15, 0.2) is 42.0 Å². The van der Waals surface area contributed by atoms with Crippen molar-refractivity contribution in [3.05, 3.63) is 46.9 Å². The van der Waals surface area contributed by atoms with Crippen LogP contribution in [-0.2, 0) is 9.53 Å². The molecule has 2 aromatic heterocycles. The topological polar surface area (TPSA) is 58.6 Å². The number of carbonyl (C=O) groups excluding carboxylic acids is 1. The lowest BCUT2D eigenvalue weighted by molar-refractivity contribution is -0.125. The highest BCUT2D eigenvalue weighted by Gasteiger charge is 2.38. The van der Waals surface area contributed by atoms with Gasteiger partial charge in [-0.05, 0) is 23.6 Å². The summed E-state index contributed by atoms with van der Waals surface area (Å²) in [7, 11) is 0. The van der Waals surface area contributed by atoms with Crippen LogP contribution in [-0.4, -0.2) is 59.7 Å². The lowest BCUT2D eigenvalue weighted by Crippen LogP contribution is -2.34. The van der Waals surface area contributed by atoms with Crippen LogP contribution in [0, 0.1) is 5.92 Å². The molecule has 2 aromatic rings. The number of aromatic nitrogens is 2. The van der Waals surface area contributed by atoms with Gasteiger partial charge in [-0.1, -0.05) is 6.07 Å². The van der Waals surface area contributed by atoms with Crippen LogP contribution in [0.4, 0.5) is 5.95 Å². The van der Waals surface area contributed by atoms with E-state index in [9.17, 15) is 4.79 Å². The van der Waals surface area contributed by atoms with Gasteiger partial charge in [-0.3, -0.25) is 4.79 Å². The SMILES string of the molecule is O=C(/C=C/c1cccs1)N1C[C@@H]2CN(c3ncccn3)CCO[C@@H]2C1. The molecule has 1 amide bonds. The van der Waals surface area contributed by atoms with Crippen LogP contribution < -0.4 is 4.90 Å². The van der Waals surface area contributed by atoms with Gasteiger partial charge in [0.05, 0.1) is 12.7 Å². The minimum absolute atomic E-state index is 0.0487. The number of nitrogens with zero attached hydrogens (tertiary/aromatic N) is 4. The van der Waals surface area contributed by atoms with Crippen molar-refractivity contribution in [1.82, 2.24) is 14.9 Å². The van der Waals surface area contributed by atoms with E-state index >= 15 is 0 Å². The molecule has 0 bridgehead atoms. The molecule has 7 heteroatoms. The number of amides is 1. The monoisotopic (exact) mass is 356 g/mol. The van der Waals surface area contributed by atoms with Gasteiger partial charge in [-0.15, -0.1) is 11.3 Å². The van der Waals surface area contributed by atoms with E-state index in [0.29, 0.717) is 19.7 Å². The molecule has 0 aliphatic carbocycles. The van der Waals surface area contributed by atoms with Gasteiger partial charge >= 0.3 is 0 Å². The Labute approximate surface area is 150 Å². The number of carbonyl (C=O) groups is 1. The van der Waals surface area contributed by atoms with Crippen molar-refractivity contribution in [1.29, 1.82) is 0 Å². The number of hydrogen-bond acceptors (Lipinski definition) is 6. The summed E-state index contributed by atoms with van der Waals surface area (Å²) in [5.41, 5.74) is 0. The van der Waals surface area contributed by atoms with Gasteiger partial charge in [-0.25, -0.2) is 9.97 Å². The van der Waals surface area contributed by atoms with Gasteiger partial charge in [0.15, 0.2) is 0 Å². The molecule has 2 fully saturated rings. The number of ether oxygens (including phenoxy) is 1. The summed E-state index contributed by atoms with van der Waals surface area (Å²) >= 11 is 1.63. The van der Waals surface area contributed by atoms with E-state index in [1.807, 2.05) is 34.6 Å². The van der Waals surface area contributed by atoms with Gasteiger partial charge < -0.3 is 14.5 Å². The minimum Gasteiger partial charge on any atom is -0.374 e. The summed E-state index contributed by atoms with van der Waals surface area (Å²) < 4.78 is 6.00. The van der Waals surface area contributed by atoms with Crippen molar-refractivity contribution >= 4 is 29.3 Å². The second-order valence-electron chi connectivity index (χ2n) is 6.26. The maximum atomic E-state index is 12.5. The summed E-state index contributed by atoms with van der Waals surface area (Å²) in [5, 5.41) is 2.01. The molecule has 25 heavy (non-hydrogen) atoms. The Bertz CT molecular complexity index is 735. The summed E-state index contributed by atoms with van der Waals surface area (Å²) in [6, 6.07) is 5.80. The first-order valence-corrected chi connectivity index (χ1v) is 9.31. The van der Waals surface area contributed by atoms with E-state index in [1.165, 1.54) is 0 Å². The molecule has 4 rings (SSSR count). The maximum absolute atomic E-state index is 12.5. The van der Waals surface area contributed by atoms with Gasteiger partial charge in [0.2, 0.25) is 11.9 Å². The molecule has 2 atom stereocenters. The Morgan fingerprint density at radius 3 is 2.92 bits per heavy atom. The fourth-order valence-electron chi connectivity index (χ4n) is 3.36. The minimum atomic E-state index is 0.0487. The predicted molar refractivity (Wildman–Crippen MR) is 97.4 cm³/mol. The number of fused-ring (bicyclic) bond motifs is 1. The molecule has 0 spiro atoms. The molecule has 4 heterocycles. The molecule has 0 aromatic carbocycles. The zero-order chi connectivity index (χ0) is 17.1. The average molecular weight is 356 g/mol. The fraction of sp³-hybridized carbons (Fsp3) is 0.389. The normalized spacial score (nSPS) is 23.7. The quantitative estimate of drug-likeness (QED) is 0.787. The lowest BCUT2D eigenvalue weighted by atomic mass is 10.1. The number of rotatable bonds is 3. The third kappa shape index (κ3) is 3.72. The van der Waals surface area contributed by atoms with E-state index in [1.54, 1.807) is 29.8 Å². The third-order valence-corrected chi connectivity index (χ3v) is 5.45. The van der Waals surface area contributed by atoms with Crippen LogP contribution in [0.2, 0.25) is 0 Å². The lowest BCUT2D eigenvalue weighted by Gasteiger charge is -2.23. The zero-order valence-electron chi connectivity index (χ0n) is 13.8. The highest BCUT2D eigenvalue weighted by atomic mass is 32.1. The molecule has 130 valence electrons. The second kappa shape index (κ2) is 7.33. The molecular weight excluding hydrogens is 336 g/mol. The second-order valence-corrected chi connectivity index (χ2v) is 7.24. The summed E-state index contributed by atoms with van der Waals surface area (Å²) in [6.07, 6.45) is 7.14. The first-order chi connectivity index (χ1) is 12.3. The molecule has 0 N–H and O–H groups in total. The zero-order valence-corrected chi connectivity index (χ0v) is 14.6.